The zero-order chi connectivity index (χ0) is 11.2. The lowest BCUT2D eigenvalue weighted by molar-refractivity contribution is 0.569. The van der Waals surface area contributed by atoms with E-state index in [4.69, 9.17) is 4.42 Å². The second-order valence-corrected chi connectivity index (χ2v) is 3.68. The maximum absolute atomic E-state index is 5.34. The highest BCUT2D eigenvalue weighted by molar-refractivity contribution is 5.58. The lowest BCUT2D eigenvalue weighted by Gasteiger charge is -1.97. The molecule has 3 nitrogen and oxygen atoms in total. The Morgan fingerprint density at radius 3 is 2.81 bits per heavy atom. The van der Waals surface area contributed by atoms with Crippen LogP contribution in [-0.4, -0.2) is 11.5 Å². The van der Waals surface area contributed by atoms with Crippen LogP contribution in [0.2, 0.25) is 0 Å². The van der Waals surface area contributed by atoms with Crippen molar-refractivity contribution in [1.29, 1.82) is 0 Å². The molecule has 0 saturated carbocycles. The van der Waals surface area contributed by atoms with Crippen molar-refractivity contribution in [2.75, 3.05) is 11.9 Å². The molecule has 1 heterocycles. The smallest absolute Gasteiger partial charge is 0.295 e. The van der Waals surface area contributed by atoms with Gasteiger partial charge in [-0.3, -0.25) is 0 Å². The Morgan fingerprint density at radius 2 is 2.06 bits per heavy atom. The van der Waals surface area contributed by atoms with Gasteiger partial charge in [0.15, 0.2) is 0 Å². The van der Waals surface area contributed by atoms with Crippen LogP contribution in [0.15, 0.2) is 41.0 Å². The van der Waals surface area contributed by atoms with Crippen molar-refractivity contribution in [3.8, 4) is 11.3 Å². The number of unbranched alkanes of at least 4 members (excludes halogenated alkanes) is 1. The summed E-state index contributed by atoms with van der Waals surface area (Å²) in [6, 6.07) is 10.6. The third-order valence-corrected chi connectivity index (χ3v) is 2.38. The highest BCUT2D eigenvalue weighted by Crippen LogP contribution is 2.19. The SMILES string of the molecule is CCCCNc1nc(-c2ccccc2)co1. The average Bonchev–Trinajstić information content (AvgIpc) is 2.79. The summed E-state index contributed by atoms with van der Waals surface area (Å²) < 4.78 is 5.34. The Labute approximate surface area is 95.5 Å². The third-order valence-electron chi connectivity index (χ3n) is 2.38. The van der Waals surface area contributed by atoms with Gasteiger partial charge in [0.25, 0.3) is 6.01 Å². The number of benzene rings is 1. The fourth-order valence-electron chi connectivity index (χ4n) is 1.47. The first-order chi connectivity index (χ1) is 7.90. The molecule has 0 atom stereocenters. The summed E-state index contributed by atoms with van der Waals surface area (Å²) >= 11 is 0. The Hall–Kier alpha value is -1.77. The van der Waals surface area contributed by atoms with E-state index >= 15 is 0 Å². The van der Waals surface area contributed by atoms with Gasteiger partial charge in [-0.05, 0) is 6.42 Å². The summed E-state index contributed by atoms with van der Waals surface area (Å²) in [5.41, 5.74) is 1.95. The highest BCUT2D eigenvalue weighted by Gasteiger charge is 2.04. The molecule has 16 heavy (non-hydrogen) atoms. The summed E-state index contributed by atoms with van der Waals surface area (Å²) in [6.45, 7) is 3.07. The molecule has 1 aromatic heterocycles. The van der Waals surface area contributed by atoms with Crippen LogP contribution in [0.3, 0.4) is 0 Å². The molecule has 0 aliphatic carbocycles. The summed E-state index contributed by atoms with van der Waals surface area (Å²) in [6.07, 6.45) is 3.98. The number of hydrogen-bond donors (Lipinski definition) is 1. The van der Waals surface area contributed by atoms with Gasteiger partial charge in [0, 0.05) is 12.1 Å². The number of anilines is 1. The number of hydrogen-bond acceptors (Lipinski definition) is 3. The van der Waals surface area contributed by atoms with Gasteiger partial charge >= 0.3 is 0 Å². The molecule has 0 saturated heterocycles. The van der Waals surface area contributed by atoms with Crippen molar-refractivity contribution in [3.63, 3.8) is 0 Å². The second-order valence-electron chi connectivity index (χ2n) is 3.68. The molecule has 0 amide bonds. The predicted molar refractivity (Wildman–Crippen MR) is 65.3 cm³/mol. The molecule has 0 radical (unpaired) electrons. The van der Waals surface area contributed by atoms with Crippen molar-refractivity contribution in [3.05, 3.63) is 36.6 Å². The van der Waals surface area contributed by atoms with Gasteiger partial charge in [-0.2, -0.15) is 4.98 Å². The van der Waals surface area contributed by atoms with E-state index in [0.717, 1.165) is 24.2 Å². The zero-order valence-electron chi connectivity index (χ0n) is 9.44. The molecule has 1 N–H and O–H groups in total. The van der Waals surface area contributed by atoms with Crippen LogP contribution in [0.5, 0.6) is 0 Å². The molecular weight excluding hydrogens is 200 g/mol. The number of nitrogens with one attached hydrogen (secondary N) is 1. The Kier molecular flexibility index (Phi) is 3.59. The molecule has 0 aliphatic heterocycles. The number of oxazole rings is 1. The van der Waals surface area contributed by atoms with Crippen molar-refractivity contribution in [2.24, 2.45) is 0 Å². The largest absolute Gasteiger partial charge is 0.432 e. The Morgan fingerprint density at radius 1 is 1.25 bits per heavy atom. The Bertz CT molecular complexity index is 423. The first kappa shape index (κ1) is 10.7. The monoisotopic (exact) mass is 216 g/mol. The van der Waals surface area contributed by atoms with Gasteiger partial charge in [-0.25, -0.2) is 0 Å². The van der Waals surface area contributed by atoms with Gasteiger partial charge < -0.3 is 9.73 Å². The maximum atomic E-state index is 5.34. The van der Waals surface area contributed by atoms with Gasteiger partial charge in [-0.1, -0.05) is 43.7 Å². The molecule has 0 bridgehead atoms. The molecule has 0 unspecified atom stereocenters. The standard InChI is InChI=1S/C13H16N2O/c1-2-3-9-14-13-15-12(10-16-13)11-7-5-4-6-8-11/h4-8,10H,2-3,9H2,1H3,(H,14,15). The van der Waals surface area contributed by atoms with Crippen LogP contribution in [0.25, 0.3) is 11.3 Å². The average molecular weight is 216 g/mol. The fraction of sp³-hybridized carbons (Fsp3) is 0.308. The first-order valence-electron chi connectivity index (χ1n) is 5.65. The molecule has 0 aliphatic rings. The number of aromatic nitrogens is 1. The summed E-state index contributed by atoms with van der Waals surface area (Å²) in [5.74, 6) is 0. The van der Waals surface area contributed by atoms with Crippen LogP contribution in [0.4, 0.5) is 6.01 Å². The molecule has 3 heteroatoms. The molecule has 2 aromatic rings. The van der Waals surface area contributed by atoms with E-state index in [2.05, 4.69) is 17.2 Å². The van der Waals surface area contributed by atoms with Crippen LogP contribution in [-0.2, 0) is 0 Å². The number of nitrogens with zero attached hydrogens (tertiary/aromatic N) is 1. The Balaban J connectivity index is 2.02. The minimum atomic E-state index is 0.604. The number of rotatable bonds is 5. The topological polar surface area (TPSA) is 38.1 Å². The minimum absolute atomic E-state index is 0.604. The fourth-order valence-corrected chi connectivity index (χ4v) is 1.47. The molecule has 0 spiro atoms. The maximum Gasteiger partial charge on any atom is 0.295 e. The third kappa shape index (κ3) is 2.63. The molecular formula is C13H16N2O. The van der Waals surface area contributed by atoms with Crippen molar-refractivity contribution in [2.45, 2.75) is 19.8 Å². The summed E-state index contributed by atoms with van der Waals surface area (Å²) in [4.78, 5) is 4.37. The molecule has 1 aromatic carbocycles. The van der Waals surface area contributed by atoms with Crippen LogP contribution < -0.4 is 5.32 Å². The molecule has 2 rings (SSSR count). The van der Waals surface area contributed by atoms with E-state index in [1.807, 2.05) is 30.3 Å². The summed E-state index contributed by atoms with van der Waals surface area (Å²) in [7, 11) is 0. The van der Waals surface area contributed by atoms with E-state index in [9.17, 15) is 0 Å². The van der Waals surface area contributed by atoms with Crippen molar-refractivity contribution >= 4 is 6.01 Å². The lowest BCUT2D eigenvalue weighted by atomic mass is 10.2. The van der Waals surface area contributed by atoms with E-state index in [1.165, 1.54) is 6.42 Å². The minimum Gasteiger partial charge on any atom is -0.432 e. The van der Waals surface area contributed by atoms with Crippen LogP contribution >= 0.6 is 0 Å². The van der Waals surface area contributed by atoms with E-state index in [-0.39, 0.29) is 0 Å². The van der Waals surface area contributed by atoms with E-state index in [0.29, 0.717) is 6.01 Å². The highest BCUT2D eigenvalue weighted by atomic mass is 16.4. The van der Waals surface area contributed by atoms with Crippen molar-refractivity contribution < 1.29 is 4.42 Å². The van der Waals surface area contributed by atoms with Gasteiger partial charge in [0.05, 0.1) is 0 Å². The molecule has 0 fully saturated rings. The van der Waals surface area contributed by atoms with Crippen LogP contribution in [0.1, 0.15) is 19.8 Å². The van der Waals surface area contributed by atoms with Gasteiger partial charge in [0.1, 0.15) is 12.0 Å². The van der Waals surface area contributed by atoms with E-state index < -0.39 is 0 Å². The van der Waals surface area contributed by atoms with Crippen LogP contribution in [0, 0.1) is 0 Å². The summed E-state index contributed by atoms with van der Waals surface area (Å²) in [5, 5.41) is 3.16. The van der Waals surface area contributed by atoms with Gasteiger partial charge in [-0.15, -0.1) is 0 Å². The second kappa shape index (κ2) is 5.35. The van der Waals surface area contributed by atoms with Gasteiger partial charge in [0.2, 0.25) is 0 Å². The first-order valence-corrected chi connectivity index (χ1v) is 5.65. The predicted octanol–water partition coefficient (Wildman–Crippen LogP) is 3.55. The normalized spacial score (nSPS) is 10.3. The zero-order valence-corrected chi connectivity index (χ0v) is 9.44. The molecule has 84 valence electrons. The lowest BCUT2D eigenvalue weighted by Crippen LogP contribution is -2.00. The van der Waals surface area contributed by atoms with Crippen molar-refractivity contribution in [1.82, 2.24) is 4.98 Å². The van der Waals surface area contributed by atoms with E-state index in [1.54, 1.807) is 6.26 Å². The quantitative estimate of drug-likeness (QED) is 0.777.